The third-order valence-electron chi connectivity index (χ3n) is 5.21. The fourth-order valence-corrected chi connectivity index (χ4v) is 3.52. The second kappa shape index (κ2) is 9.95. The second-order valence-corrected chi connectivity index (χ2v) is 7.34. The molecule has 1 unspecified atom stereocenters. The molecule has 0 saturated carbocycles. The minimum absolute atomic E-state index is 0.0372. The summed E-state index contributed by atoms with van der Waals surface area (Å²) in [5.41, 5.74) is 7.05. The molecule has 4 aromatic rings. The molecule has 2 aromatic carbocycles. The molecular formula is C23H24N8O4. The van der Waals surface area contributed by atoms with Gasteiger partial charge in [0.15, 0.2) is 23.1 Å². The number of aromatic amines is 1. The minimum Gasteiger partial charge on any atom is -0.493 e. The summed E-state index contributed by atoms with van der Waals surface area (Å²) in [6, 6.07) is 13.2. The number of nitrogens with one attached hydrogen (secondary N) is 3. The van der Waals surface area contributed by atoms with Crippen LogP contribution in [-0.4, -0.2) is 52.1 Å². The Kier molecular flexibility index (Phi) is 6.62. The van der Waals surface area contributed by atoms with Crippen molar-refractivity contribution in [1.29, 1.82) is 5.41 Å². The largest absolute Gasteiger partial charge is 0.493 e. The average Bonchev–Trinajstić information content (AvgIpc) is 3.28. The van der Waals surface area contributed by atoms with E-state index < -0.39 is 11.7 Å². The molecule has 0 fully saturated rings. The van der Waals surface area contributed by atoms with Gasteiger partial charge in [0, 0.05) is 17.4 Å². The van der Waals surface area contributed by atoms with Gasteiger partial charge in [-0.15, -0.1) is 10.2 Å². The van der Waals surface area contributed by atoms with Crippen molar-refractivity contribution in [2.45, 2.75) is 6.04 Å². The minimum atomic E-state index is -0.641. The van der Waals surface area contributed by atoms with E-state index in [-0.39, 0.29) is 11.7 Å². The SMILES string of the molecule is COc1cc(C(Nc2ccc(C(=N)N)cc2)c2nn(-c3cccnn3)c(=O)[nH]2)cc(OC)c1OC. The first-order chi connectivity index (χ1) is 16.9. The van der Waals surface area contributed by atoms with Gasteiger partial charge in [0.1, 0.15) is 11.9 Å². The van der Waals surface area contributed by atoms with Gasteiger partial charge in [-0.05, 0) is 54.1 Å². The van der Waals surface area contributed by atoms with Gasteiger partial charge >= 0.3 is 5.69 Å². The molecule has 2 heterocycles. The third kappa shape index (κ3) is 4.76. The summed E-state index contributed by atoms with van der Waals surface area (Å²) in [7, 11) is 4.57. The Morgan fingerprint density at radius 1 is 1.09 bits per heavy atom. The van der Waals surface area contributed by atoms with Crippen LogP contribution in [0, 0.1) is 5.41 Å². The van der Waals surface area contributed by atoms with Crippen molar-refractivity contribution in [1.82, 2.24) is 25.0 Å². The molecule has 1 atom stereocenters. The zero-order valence-corrected chi connectivity index (χ0v) is 19.3. The molecular weight excluding hydrogens is 452 g/mol. The van der Waals surface area contributed by atoms with Crippen molar-refractivity contribution in [2.24, 2.45) is 5.73 Å². The number of H-pyrrole nitrogens is 1. The number of methoxy groups -OCH3 is 3. The van der Waals surface area contributed by atoms with E-state index in [2.05, 4.69) is 25.6 Å². The Labute approximate surface area is 200 Å². The monoisotopic (exact) mass is 476 g/mol. The van der Waals surface area contributed by atoms with E-state index in [1.54, 1.807) is 48.5 Å². The number of nitrogens with two attached hydrogens (primary N) is 1. The summed E-state index contributed by atoms with van der Waals surface area (Å²) < 4.78 is 17.6. The Hall–Kier alpha value is -4.87. The van der Waals surface area contributed by atoms with Crippen LogP contribution in [-0.2, 0) is 0 Å². The van der Waals surface area contributed by atoms with E-state index in [1.165, 1.54) is 27.5 Å². The summed E-state index contributed by atoms with van der Waals surface area (Å²) in [4.78, 5) is 15.5. The number of hydrogen-bond acceptors (Lipinski definition) is 9. The molecule has 0 aliphatic rings. The van der Waals surface area contributed by atoms with Gasteiger partial charge in [0.25, 0.3) is 0 Å². The molecule has 0 aliphatic heterocycles. The highest BCUT2D eigenvalue weighted by atomic mass is 16.5. The van der Waals surface area contributed by atoms with E-state index in [0.717, 1.165) is 4.68 Å². The smallest absolute Gasteiger partial charge is 0.349 e. The lowest BCUT2D eigenvalue weighted by molar-refractivity contribution is 0.323. The summed E-state index contributed by atoms with van der Waals surface area (Å²) in [6.45, 7) is 0. The standard InChI is InChI=1S/C23H24N8O4/c1-33-16-11-14(12-17(34-2)20(16)35-3)19(27-15-8-6-13(7-9-15)21(24)25)22-28-23(32)31(30-22)18-5-4-10-26-29-18/h4-12,19,27H,1-3H3,(H3,24,25)(H,28,30,32). The lowest BCUT2D eigenvalue weighted by Gasteiger charge is -2.21. The fraction of sp³-hybridized carbons (Fsp3) is 0.174. The van der Waals surface area contributed by atoms with Crippen molar-refractivity contribution < 1.29 is 14.2 Å². The van der Waals surface area contributed by atoms with Gasteiger partial charge < -0.3 is 25.3 Å². The van der Waals surface area contributed by atoms with Crippen LogP contribution < -0.4 is 31.0 Å². The highest BCUT2D eigenvalue weighted by Crippen LogP contribution is 2.41. The quantitative estimate of drug-likeness (QED) is 0.208. The molecule has 4 rings (SSSR count). The molecule has 2 aromatic heterocycles. The van der Waals surface area contributed by atoms with Crippen LogP contribution in [0.25, 0.3) is 5.82 Å². The number of ether oxygens (including phenoxy) is 3. The Morgan fingerprint density at radius 2 is 1.77 bits per heavy atom. The van der Waals surface area contributed by atoms with E-state index in [4.69, 9.17) is 25.4 Å². The Balaban J connectivity index is 1.83. The van der Waals surface area contributed by atoms with E-state index in [1.807, 2.05) is 0 Å². The molecule has 0 spiro atoms. The zero-order valence-electron chi connectivity index (χ0n) is 19.3. The Bertz CT molecular complexity index is 1360. The normalized spacial score (nSPS) is 11.5. The predicted molar refractivity (Wildman–Crippen MR) is 129 cm³/mol. The lowest BCUT2D eigenvalue weighted by Crippen LogP contribution is -2.17. The molecule has 12 nitrogen and oxygen atoms in total. The fourth-order valence-electron chi connectivity index (χ4n) is 3.52. The molecule has 0 radical (unpaired) electrons. The maximum atomic E-state index is 12.7. The van der Waals surface area contributed by atoms with Crippen LogP contribution in [0.15, 0.2) is 59.5 Å². The molecule has 5 N–H and O–H groups in total. The van der Waals surface area contributed by atoms with E-state index >= 15 is 0 Å². The summed E-state index contributed by atoms with van der Waals surface area (Å²) in [5.74, 6) is 1.86. The molecule has 0 saturated heterocycles. The summed E-state index contributed by atoms with van der Waals surface area (Å²) in [5, 5.41) is 23.2. The van der Waals surface area contributed by atoms with Gasteiger partial charge in [-0.1, -0.05) is 0 Å². The predicted octanol–water partition coefficient (Wildman–Crippen LogP) is 1.86. The topological polar surface area (TPSA) is 166 Å². The number of benzene rings is 2. The number of aromatic nitrogens is 5. The first-order valence-electron chi connectivity index (χ1n) is 10.4. The number of nitrogens with zero attached hydrogens (tertiary/aromatic N) is 4. The second-order valence-electron chi connectivity index (χ2n) is 7.34. The number of rotatable bonds is 9. The van der Waals surface area contributed by atoms with Crippen LogP contribution in [0.5, 0.6) is 17.2 Å². The highest BCUT2D eigenvalue weighted by molar-refractivity contribution is 5.95. The van der Waals surface area contributed by atoms with E-state index in [0.29, 0.717) is 39.9 Å². The summed E-state index contributed by atoms with van der Waals surface area (Å²) >= 11 is 0. The van der Waals surface area contributed by atoms with Crippen molar-refractivity contribution in [3.8, 4) is 23.1 Å². The van der Waals surface area contributed by atoms with Crippen molar-refractivity contribution in [2.75, 3.05) is 26.6 Å². The molecule has 35 heavy (non-hydrogen) atoms. The molecule has 12 heteroatoms. The molecule has 0 amide bonds. The number of nitrogen functional groups attached to an aromatic ring is 1. The van der Waals surface area contributed by atoms with Gasteiger partial charge in [-0.25, -0.2) is 4.79 Å². The first kappa shape index (κ1) is 23.3. The lowest BCUT2D eigenvalue weighted by atomic mass is 10.0. The molecule has 0 aliphatic carbocycles. The summed E-state index contributed by atoms with van der Waals surface area (Å²) in [6.07, 6.45) is 1.51. The zero-order chi connectivity index (χ0) is 24.9. The number of hydrogen-bond donors (Lipinski definition) is 4. The van der Waals surface area contributed by atoms with Crippen LogP contribution >= 0.6 is 0 Å². The van der Waals surface area contributed by atoms with Crippen molar-refractivity contribution in [3.05, 3.63) is 82.2 Å². The van der Waals surface area contributed by atoms with Crippen LogP contribution in [0.2, 0.25) is 0 Å². The van der Waals surface area contributed by atoms with Gasteiger partial charge in [-0.3, -0.25) is 10.4 Å². The molecule has 0 bridgehead atoms. The van der Waals surface area contributed by atoms with Gasteiger partial charge in [0.05, 0.1) is 21.3 Å². The maximum absolute atomic E-state index is 12.7. The maximum Gasteiger partial charge on any atom is 0.349 e. The number of anilines is 1. The van der Waals surface area contributed by atoms with E-state index in [9.17, 15) is 4.79 Å². The highest BCUT2D eigenvalue weighted by Gasteiger charge is 2.24. The van der Waals surface area contributed by atoms with Crippen molar-refractivity contribution >= 4 is 11.5 Å². The Morgan fingerprint density at radius 3 is 2.31 bits per heavy atom. The van der Waals surface area contributed by atoms with Gasteiger partial charge in [-0.2, -0.15) is 9.78 Å². The first-order valence-corrected chi connectivity index (χ1v) is 10.4. The van der Waals surface area contributed by atoms with Crippen LogP contribution in [0.3, 0.4) is 0 Å². The van der Waals surface area contributed by atoms with Crippen molar-refractivity contribution in [3.63, 3.8) is 0 Å². The average molecular weight is 476 g/mol. The van der Waals surface area contributed by atoms with Crippen LogP contribution in [0.4, 0.5) is 5.69 Å². The number of amidine groups is 1. The third-order valence-corrected chi connectivity index (χ3v) is 5.21. The van der Waals surface area contributed by atoms with Crippen LogP contribution in [0.1, 0.15) is 23.0 Å². The van der Waals surface area contributed by atoms with Gasteiger partial charge in [0.2, 0.25) is 5.75 Å². The molecule has 180 valence electrons.